The van der Waals surface area contributed by atoms with Crippen molar-refractivity contribution in [2.45, 2.75) is 19.6 Å². The Morgan fingerprint density at radius 1 is 1.18 bits per heavy atom. The lowest BCUT2D eigenvalue weighted by Crippen LogP contribution is -2.07. The number of hydrogen-bond acceptors (Lipinski definition) is 4. The van der Waals surface area contributed by atoms with E-state index in [1.54, 1.807) is 11.0 Å². The highest BCUT2D eigenvalue weighted by Gasteiger charge is 2.06. The average molecular weight is 294 g/mol. The number of hydrogen-bond donors (Lipinski definition) is 2. The Balaban J connectivity index is 1.72. The van der Waals surface area contributed by atoms with Crippen molar-refractivity contribution in [3.8, 4) is 5.69 Å². The maximum absolute atomic E-state index is 9.22. The number of nitrogens with zero attached hydrogens (tertiary/aromatic N) is 3. The zero-order valence-corrected chi connectivity index (χ0v) is 12.3. The normalized spacial score (nSPS) is 12.1. The van der Waals surface area contributed by atoms with Gasteiger partial charge in [-0.15, -0.1) is 0 Å². The van der Waals surface area contributed by atoms with Crippen molar-refractivity contribution in [1.29, 1.82) is 0 Å². The fraction of sp³-hybridized carbons (Fsp3) is 0.176. The Labute approximate surface area is 129 Å². The monoisotopic (exact) mass is 294 g/mol. The Hall–Kier alpha value is -2.66. The van der Waals surface area contributed by atoms with Gasteiger partial charge in [0.15, 0.2) is 0 Å². The van der Waals surface area contributed by atoms with Gasteiger partial charge < -0.3 is 10.4 Å². The van der Waals surface area contributed by atoms with Crippen LogP contribution >= 0.6 is 0 Å². The lowest BCUT2D eigenvalue weighted by molar-refractivity contribution is 0.281. The zero-order chi connectivity index (χ0) is 15.4. The molecule has 0 amide bonds. The molecule has 0 saturated carbocycles. The predicted octanol–water partition coefficient (Wildman–Crippen LogP) is 2.93. The molecule has 5 nitrogen and oxygen atoms in total. The Bertz CT molecular complexity index is 723. The fourth-order valence-electron chi connectivity index (χ4n) is 2.35. The van der Waals surface area contributed by atoms with Crippen LogP contribution < -0.4 is 5.32 Å². The van der Waals surface area contributed by atoms with Crippen LogP contribution in [0.2, 0.25) is 0 Å². The van der Waals surface area contributed by atoms with Gasteiger partial charge in [-0.25, -0.2) is 9.67 Å². The highest BCUT2D eigenvalue weighted by molar-refractivity contribution is 5.50. The molecule has 1 atom stereocenters. The molecule has 0 bridgehead atoms. The van der Waals surface area contributed by atoms with Gasteiger partial charge in [-0.05, 0) is 42.3 Å². The van der Waals surface area contributed by atoms with E-state index >= 15 is 0 Å². The molecule has 0 aliphatic heterocycles. The van der Waals surface area contributed by atoms with E-state index in [0.29, 0.717) is 0 Å². The Morgan fingerprint density at radius 2 is 2.00 bits per heavy atom. The summed E-state index contributed by atoms with van der Waals surface area (Å²) in [6.45, 7) is 2.16. The van der Waals surface area contributed by atoms with Crippen molar-refractivity contribution in [3.63, 3.8) is 0 Å². The van der Waals surface area contributed by atoms with E-state index in [2.05, 4.69) is 28.4 Å². The number of anilines is 1. The molecular formula is C17H18N4O. The molecule has 2 aromatic carbocycles. The van der Waals surface area contributed by atoms with Crippen LogP contribution in [0.1, 0.15) is 24.1 Å². The van der Waals surface area contributed by atoms with Crippen LogP contribution in [0.25, 0.3) is 5.69 Å². The number of aliphatic hydroxyl groups excluding tert-OH is 1. The van der Waals surface area contributed by atoms with Crippen LogP contribution in [0.15, 0.2) is 61.2 Å². The van der Waals surface area contributed by atoms with Gasteiger partial charge in [-0.1, -0.05) is 24.3 Å². The summed E-state index contributed by atoms with van der Waals surface area (Å²) in [5.41, 5.74) is 4.07. The number of nitrogens with one attached hydrogen (secondary N) is 1. The second-order valence-electron chi connectivity index (χ2n) is 5.16. The summed E-state index contributed by atoms with van der Waals surface area (Å²) in [7, 11) is 0. The average Bonchev–Trinajstić information content (AvgIpc) is 3.10. The molecular weight excluding hydrogens is 276 g/mol. The van der Waals surface area contributed by atoms with E-state index < -0.39 is 0 Å². The quantitative estimate of drug-likeness (QED) is 0.759. The van der Waals surface area contributed by atoms with Crippen LogP contribution in [0.5, 0.6) is 0 Å². The van der Waals surface area contributed by atoms with Crippen molar-refractivity contribution >= 4 is 5.69 Å². The maximum Gasteiger partial charge on any atom is 0.138 e. The zero-order valence-electron chi connectivity index (χ0n) is 12.3. The maximum atomic E-state index is 9.22. The lowest BCUT2D eigenvalue weighted by Gasteiger charge is -2.16. The molecule has 112 valence electrons. The fourth-order valence-corrected chi connectivity index (χ4v) is 2.35. The molecule has 5 heteroatoms. The highest BCUT2D eigenvalue weighted by Crippen LogP contribution is 2.21. The predicted molar refractivity (Wildman–Crippen MR) is 85.8 cm³/mol. The van der Waals surface area contributed by atoms with Crippen LogP contribution in [0, 0.1) is 0 Å². The minimum absolute atomic E-state index is 0.0627. The van der Waals surface area contributed by atoms with Gasteiger partial charge in [0, 0.05) is 11.7 Å². The van der Waals surface area contributed by atoms with Gasteiger partial charge in [-0.3, -0.25) is 0 Å². The van der Waals surface area contributed by atoms with Crippen molar-refractivity contribution in [3.05, 3.63) is 72.3 Å². The summed E-state index contributed by atoms with van der Waals surface area (Å²) in [6.07, 6.45) is 3.19. The molecule has 1 unspecified atom stereocenters. The van der Waals surface area contributed by atoms with Gasteiger partial charge in [0.1, 0.15) is 12.7 Å². The van der Waals surface area contributed by atoms with Crippen molar-refractivity contribution < 1.29 is 5.11 Å². The van der Waals surface area contributed by atoms with E-state index in [4.69, 9.17) is 0 Å². The molecule has 0 aliphatic carbocycles. The minimum Gasteiger partial charge on any atom is -0.392 e. The van der Waals surface area contributed by atoms with Gasteiger partial charge >= 0.3 is 0 Å². The van der Waals surface area contributed by atoms with E-state index in [9.17, 15) is 5.11 Å². The first kappa shape index (κ1) is 14.3. The second kappa shape index (κ2) is 6.41. The second-order valence-corrected chi connectivity index (χ2v) is 5.16. The number of aliphatic hydroxyl groups is 1. The molecule has 0 saturated heterocycles. The summed E-state index contributed by atoms with van der Waals surface area (Å²) in [4.78, 5) is 3.94. The number of benzene rings is 2. The standard InChI is InChI=1S/C17H18N4O/c1-13(15-4-2-3-14(9-15)10-22)20-16-5-7-17(8-6-16)21-12-18-11-19-21/h2-9,11-13,20,22H,10H2,1H3. The Kier molecular flexibility index (Phi) is 4.16. The minimum atomic E-state index is 0.0627. The molecule has 0 fully saturated rings. The first-order valence-electron chi connectivity index (χ1n) is 7.17. The smallest absolute Gasteiger partial charge is 0.138 e. The van der Waals surface area contributed by atoms with E-state index in [1.165, 1.54) is 6.33 Å². The molecule has 2 N–H and O–H groups in total. The summed E-state index contributed by atoms with van der Waals surface area (Å²) in [5, 5.41) is 16.8. The van der Waals surface area contributed by atoms with Crippen LogP contribution in [-0.4, -0.2) is 19.9 Å². The Morgan fingerprint density at radius 3 is 2.68 bits per heavy atom. The van der Waals surface area contributed by atoms with Gasteiger partial charge in [0.05, 0.1) is 12.3 Å². The lowest BCUT2D eigenvalue weighted by atomic mass is 10.1. The summed E-state index contributed by atoms with van der Waals surface area (Å²) < 4.78 is 1.72. The van der Waals surface area contributed by atoms with Gasteiger partial charge in [0.25, 0.3) is 0 Å². The summed E-state index contributed by atoms with van der Waals surface area (Å²) >= 11 is 0. The molecule has 0 spiro atoms. The van der Waals surface area contributed by atoms with E-state index in [0.717, 1.165) is 22.5 Å². The third-order valence-corrected chi connectivity index (χ3v) is 3.57. The largest absolute Gasteiger partial charge is 0.392 e. The molecule has 3 rings (SSSR count). The first-order chi connectivity index (χ1) is 10.8. The third kappa shape index (κ3) is 3.15. The molecule has 1 heterocycles. The van der Waals surface area contributed by atoms with Crippen molar-refractivity contribution in [1.82, 2.24) is 14.8 Å². The molecule has 22 heavy (non-hydrogen) atoms. The number of aromatic nitrogens is 3. The van der Waals surface area contributed by atoms with Crippen molar-refractivity contribution in [2.24, 2.45) is 0 Å². The summed E-state index contributed by atoms with van der Waals surface area (Å²) in [5.74, 6) is 0. The molecule has 0 aliphatic rings. The topological polar surface area (TPSA) is 63.0 Å². The number of rotatable bonds is 5. The van der Waals surface area contributed by atoms with Crippen LogP contribution in [-0.2, 0) is 6.61 Å². The van der Waals surface area contributed by atoms with E-state index in [-0.39, 0.29) is 12.6 Å². The summed E-state index contributed by atoms with van der Waals surface area (Å²) in [6, 6.07) is 16.1. The van der Waals surface area contributed by atoms with E-state index in [1.807, 2.05) is 42.5 Å². The third-order valence-electron chi connectivity index (χ3n) is 3.57. The highest BCUT2D eigenvalue weighted by atomic mass is 16.3. The van der Waals surface area contributed by atoms with Crippen molar-refractivity contribution in [2.75, 3.05) is 5.32 Å². The SMILES string of the molecule is CC(Nc1ccc(-n2cncn2)cc1)c1cccc(CO)c1. The van der Waals surface area contributed by atoms with Gasteiger partial charge in [0.2, 0.25) is 0 Å². The molecule has 1 aromatic heterocycles. The molecule has 0 radical (unpaired) electrons. The first-order valence-corrected chi connectivity index (χ1v) is 7.17. The van der Waals surface area contributed by atoms with Crippen LogP contribution in [0.3, 0.4) is 0 Å². The van der Waals surface area contributed by atoms with Gasteiger partial charge in [-0.2, -0.15) is 5.10 Å². The van der Waals surface area contributed by atoms with Crippen LogP contribution in [0.4, 0.5) is 5.69 Å². The molecule has 3 aromatic rings.